The van der Waals surface area contributed by atoms with Crippen molar-refractivity contribution in [1.82, 2.24) is 4.90 Å². The molecule has 0 saturated heterocycles. The van der Waals surface area contributed by atoms with Crippen LogP contribution in [0.5, 0.6) is 0 Å². The van der Waals surface area contributed by atoms with E-state index in [1.165, 1.54) is 12.0 Å². The summed E-state index contributed by atoms with van der Waals surface area (Å²) in [6.45, 7) is 0.237. The van der Waals surface area contributed by atoms with Crippen LogP contribution in [-0.2, 0) is 27.3 Å². The fourth-order valence-corrected chi connectivity index (χ4v) is 2.21. The fraction of sp³-hybridized carbons (Fsp3) is 0.385. The summed E-state index contributed by atoms with van der Waals surface area (Å²) in [6, 6.07) is 6.79. The van der Waals surface area contributed by atoms with E-state index in [9.17, 15) is 14.7 Å². The topological polar surface area (TPSA) is 66.8 Å². The first-order valence-electron chi connectivity index (χ1n) is 5.71. The number of aliphatic carboxylic acids is 1. The second kappa shape index (κ2) is 5.18. The Morgan fingerprint density at radius 2 is 2.06 bits per heavy atom. The van der Waals surface area contributed by atoms with E-state index in [1.807, 2.05) is 24.3 Å². The van der Waals surface area contributed by atoms with Crippen molar-refractivity contribution < 1.29 is 19.4 Å². The molecule has 0 fully saturated rings. The Morgan fingerprint density at radius 3 is 2.67 bits per heavy atom. The molecule has 1 N–H and O–H groups in total. The number of fused-ring (bicyclic) bond motifs is 1. The van der Waals surface area contributed by atoms with Crippen molar-refractivity contribution in [3.8, 4) is 0 Å². The molecule has 1 aromatic rings. The molecule has 0 radical (unpaired) electrons. The third kappa shape index (κ3) is 2.36. The van der Waals surface area contributed by atoms with Crippen molar-refractivity contribution in [1.29, 1.82) is 0 Å². The van der Waals surface area contributed by atoms with Gasteiger partial charge in [-0.2, -0.15) is 0 Å². The molecule has 5 nitrogen and oxygen atoms in total. The van der Waals surface area contributed by atoms with Gasteiger partial charge in [-0.3, -0.25) is 4.79 Å². The van der Waals surface area contributed by atoms with Crippen molar-refractivity contribution in [3.63, 3.8) is 0 Å². The van der Waals surface area contributed by atoms with Crippen molar-refractivity contribution in [2.75, 3.05) is 13.7 Å². The Balaban J connectivity index is 2.28. The molecule has 18 heavy (non-hydrogen) atoms. The molecule has 1 atom stereocenters. The van der Waals surface area contributed by atoms with E-state index in [1.54, 1.807) is 0 Å². The molecule has 0 unspecified atom stereocenters. The summed E-state index contributed by atoms with van der Waals surface area (Å²) in [7, 11) is 1.42. The molecule has 5 heteroatoms. The molecular formula is C13H15NO4. The molecule has 1 aliphatic rings. The minimum atomic E-state index is -0.978. The van der Waals surface area contributed by atoms with Gasteiger partial charge in [-0.05, 0) is 11.1 Å². The summed E-state index contributed by atoms with van der Waals surface area (Å²) >= 11 is 0. The number of hydrogen-bond acceptors (Lipinski definition) is 3. The van der Waals surface area contributed by atoms with Gasteiger partial charge in [-0.15, -0.1) is 0 Å². The number of carboxylic acids is 1. The lowest BCUT2D eigenvalue weighted by atomic mass is 9.94. The number of ether oxygens (including phenoxy) is 1. The molecule has 0 aromatic heterocycles. The second-order valence-corrected chi connectivity index (χ2v) is 4.28. The first kappa shape index (κ1) is 12.6. The van der Waals surface area contributed by atoms with Crippen LogP contribution in [-0.4, -0.2) is 41.6 Å². The van der Waals surface area contributed by atoms with Crippen molar-refractivity contribution in [2.45, 2.75) is 19.0 Å². The van der Waals surface area contributed by atoms with E-state index >= 15 is 0 Å². The van der Waals surface area contributed by atoms with Gasteiger partial charge in [0.25, 0.3) is 0 Å². The molecule has 1 heterocycles. The first-order valence-corrected chi connectivity index (χ1v) is 5.71. The molecule has 0 aliphatic carbocycles. The largest absolute Gasteiger partial charge is 0.480 e. The van der Waals surface area contributed by atoms with Gasteiger partial charge in [0.15, 0.2) is 0 Å². The average Bonchev–Trinajstić information content (AvgIpc) is 2.37. The van der Waals surface area contributed by atoms with Crippen molar-refractivity contribution >= 4 is 11.9 Å². The standard InChI is InChI=1S/C13H15NO4/c1-18-8-12(15)14-7-10-5-3-2-4-9(10)6-11(14)13(16)17/h2-5,11H,6-8H2,1H3,(H,16,17)/t11-/m1/s1. The molecule has 0 saturated carbocycles. The second-order valence-electron chi connectivity index (χ2n) is 4.28. The molecule has 96 valence electrons. The van der Waals surface area contributed by atoms with E-state index in [4.69, 9.17) is 4.74 Å². The minimum Gasteiger partial charge on any atom is -0.480 e. The Labute approximate surface area is 105 Å². The highest BCUT2D eigenvalue weighted by atomic mass is 16.5. The molecule has 1 amide bonds. The normalized spacial score (nSPS) is 18.3. The number of amides is 1. The van der Waals surface area contributed by atoms with Crippen molar-refractivity contribution in [3.05, 3.63) is 35.4 Å². The third-order valence-corrected chi connectivity index (χ3v) is 3.12. The first-order chi connectivity index (χ1) is 8.63. The lowest BCUT2D eigenvalue weighted by molar-refractivity contribution is -0.153. The highest BCUT2D eigenvalue weighted by Gasteiger charge is 2.34. The number of methoxy groups -OCH3 is 1. The number of carboxylic acid groups (broad SMARTS) is 1. The zero-order chi connectivity index (χ0) is 13.1. The molecule has 2 rings (SSSR count). The number of carbonyl (C=O) groups excluding carboxylic acids is 1. The Morgan fingerprint density at radius 1 is 1.39 bits per heavy atom. The summed E-state index contributed by atoms with van der Waals surface area (Å²) in [5.74, 6) is -1.27. The molecule has 0 bridgehead atoms. The van der Waals surface area contributed by atoms with E-state index in [2.05, 4.69) is 0 Å². The van der Waals surface area contributed by atoms with Crippen LogP contribution in [0.25, 0.3) is 0 Å². The highest BCUT2D eigenvalue weighted by Crippen LogP contribution is 2.23. The van der Waals surface area contributed by atoms with E-state index < -0.39 is 12.0 Å². The monoisotopic (exact) mass is 249 g/mol. The van der Waals surface area contributed by atoms with Crippen LogP contribution in [0.15, 0.2) is 24.3 Å². The van der Waals surface area contributed by atoms with E-state index in [0.717, 1.165) is 11.1 Å². The summed E-state index contributed by atoms with van der Waals surface area (Å²) in [5, 5.41) is 9.22. The molecule has 0 spiro atoms. The Kier molecular flexibility index (Phi) is 3.62. The number of benzene rings is 1. The average molecular weight is 249 g/mol. The van der Waals surface area contributed by atoms with Gasteiger partial charge >= 0.3 is 5.97 Å². The Hall–Kier alpha value is -1.88. The molecule has 1 aliphatic heterocycles. The van der Waals surface area contributed by atoms with E-state index in [-0.39, 0.29) is 12.5 Å². The van der Waals surface area contributed by atoms with Crippen LogP contribution in [0.1, 0.15) is 11.1 Å². The fourth-order valence-electron chi connectivity index (χ4n) is 2.21. The lowest BCUT2D eigenvalue weighted by Gasteiger charge is -2.34. The molecular weight excluding hydrogens is 234 g/mol. The highest BCUT2D eigenvalue weighted by molar-refractivity contribution is 5.85. The van der Waals surface area contributed by atoms with Crippen LogP contribution in [0.4, 0.5) is 0 Å². The predicted octanol–water partition coefficient (Wildman–Crippen LogP) is 0.671. The summed E-state index contributed by atoms with van der Waals surface area (Å²) in [5.41, 5.74) is 1.99. The van der Waals surface area contributed by atoms with Gasteiger partial charge in [-0.1, -0.05) is 24.3 Å². The van der Waals surface area contributed by atoms with Gasteiger partial charge in [-0.25, -0.2) is 4.79 Å². The Bertz CT molecular complexity index is 472. The van der Waals surface area contributed by atoms with Crippen LogP contribution in [0.3, 0.4) is 0 Å². The van der Waals surface area contributed by atoms with Crippen molar-refractivity contribution in [2.24, 2.45) is 0 Å². The van der Waals surface area contributed by atoms with Gasteiger partial charge < -0.3 is 14.7 Å². The lowest BCUT2D eigenvalue weighted by Crippen LogP contribution is -2.49. The smallest absolute Gasteiger partial charge is 0.326 e. The van der Waals surface area contributed by atoms with Crippen LogP contribution in [0, 0.1) is 0 Å². The van der Waals surface area contributed by atoms with Crippen LogP contribution in [0.2, 0.25) is 0 Å². The number of hydrogen-bond donors (Lipinski definition) is 1. The molecule has 1 aromatic carbocycles. The van der Waals surface area contributed by atoms with Gasteiger partial charge in [0, 0.05) is 20.1 Å². The zero-order valence-corrected chi connectivity index (χ0v) is 10.1. The van der Waals surface area contributed by atoms with Gasteiger partial charge in [0.2, 0.25) is 5.91 Å². The summed E-state index contributed by atoms with van der Waals surface area (Å²) in [4.78, 5) is 24.5. The van der Waals surface area contributed by atoms with E-state index in [0.29, 0.717) is 13.0 Å². The van der Waals surface area contributed by atoms with Crippen LogP contribution < -0.4 is 0 Å². The van der Waals surface area contributed by atoms with Crippen LogP contribution >= 0.6 is 0 Å². The maximum Gasteiger partial charge on any atom is 0.326 e. The number of rotatable bonds is 3. The zero-order valence-electron chi connectivity index (χ0n) is 10.1. The maximum atomic E-state index is 11.9. The minimum absolute atomic E-state index is 0.0913. The number of carbonyl (C=O) groups is 2. The van der Waals surface area contributed by atoms with Gasteiger partial charge in [0.1, 0.15) is 12.6 Å². The summed E-state index contributed by atoms with van der Waals surface area (Å²) in [6.07, 6.45) is 0.348. The SMILES string of the molecule is COCC(=O)N1Cc2ccccc2C[C@@H]1C(=O)O. The predicted molar refractivity (Wildman–Crippen MR) is 64.0 cm³/mol. The maximum absolute atomic E-state index is 11.9. The summed E-state index contributed by atoms with van der Waals surface area (Å²) < 4.78 is 4.79. The van der Waals surface area contributed by atoms with Gasteiger partial charge in [0.05, 0.1) is 0 Å². The number of nitrogens with zero attached hydrogens (tertiary/aromatic N) is 1. The third-order valence-electron chi connectivity index (χ3n) is 3.12. The quantitative estimate of drug-likeness (QED) is 0.855.